The normalized spacial score (nSPS) is 13.3. The molecule has 0 amide bonds. The average molecular weight is 263 g/mol. The fourth-order valence-electron chi connectivity index (χ4n) is 2.12. The molecule has 3 heteroatoms. The van der Waals surface area contributed by atoms with Gasteiger partial charge in [0.25, 0.3) is 0 Å². The first-order chi connectivity index (χ1) is 9.02. The molecule has 2 aromatic rings. The Morgan fingerprint density at radius 2 is 1.37 bits per heavy atom. The number of halogens is 3. The summed E-state index contributed by atoms with van der Waals surface area (Å²) in [5, 5.41) is 0. The topological polar surface area (TPSA) is 0 Å². The van der Waals surface area contributed by atoms with Crippen molar-refractivity contribution < 1.29 is 13.2 Å². The van der Waals surface area contributed by atoms with Crippen molar-refractivity contribution in [2.24, 2.45) is 0 Å². The van der Waals surface area contributed by atoms with Crippen LogP contribution in [-0.4, -0.2) is 0 Å². The lowest BCUT2D eigenvalue weighted by atomic mass is 9.89. The molecule has 99 valence electrons. The summed E-state index contributed by atoms with van der Waals surface area (Å²) in [5.74, 6) is 0.0310. The summed E-state index contributed by atoms with van der Waals surface area (Å²) in [7, 11) is 0. The van der Waals surface area contributed by atoms with Gasteiger partial charge >= 0.3 is 6.18 Å². The van der Waals surface area contributed by atoms with Crippen LogP contribution < -0.4 is 0 Å². The molecular weight excluding hydrogens is 249 g/mol. The van der Waals surface area contributed by atoms with Crippen molar-refractivity contribution in [1.82, 2.24) is 0 Å². The molecule has 1 radical (unpaired) electrons. The fourth-order valence-corrected chi connectivity index (χ4v) is 2.12. The number of rotatable bonds is 3. The maximum atomic E-state index is 12.5. The van der Waals surface area contributed by atoms with E-state index in [9.17, 15) is 13.2 Å². The highest BCUT2D eigenvalue weighted by molar-refractivity contribution is 5.34. The Kier molecular flexibility index (Phi) is 3.93. The molecule has 0 aliphatic heterocycles. The summed E-state index contributed by atoms with van der Waals surface area (Å²) in [6, 6.07) is 15.0. The Morgan fingerprint density at radius 1 is 0.842 bits per heavy atom. The van der Waals surface area contributed by atoms with Crippen LogP contribution in [-0.2, 0) is 6.18 Å². The summed E-state index contributed by atoms with van der Waals surface area (Å²) in [5.41, 5.74) is 1.30. The minimum atomic E-state index is -4.29. The van der Waals surface area contributed by atoms with E-state index in [1.54, 1.807) is 0 Å². The van der Waals surface area contributed by atoms with Gasteiger partial charge < -0.3 is 0 Å². The molecule has 0 nitrogen and oxygen atoms in total. The molecule has 0 spiro atoms. The Balaban J connectivity index is 2.30. The van der Waals surface area contributed by atoms with Crippen molar-refractivity contribution in [2.75, 3.05) is 0 Å². The van der Waals surface area contributed by atoms with Crippen LogP contribution in [0.2, 0.25) is 0 Å². The van der Waals surface area contributed by atoms with E-state index >= 15 is 0 Å². The van der Waals surface area contributed by atoms with Gasteiger partial charge in [0.1, 0.15) is 0 Å². The molecular formula is C16H14F3. The molecule has 19 heavy (non-hydrogen) atoms. The van der Waals surface area contributed by atoms with Crippen LogP contribution in [0.1, 0.15) is 29.0 Å². The Hall–Kier alpha value is -1.77. The van der Waals surface area contributed by atoms with E-state index in [0.717, 1.165) is 23.3 Å². The van der Waals surface area contributed by atoms with Crippen LogP contribution in [0.15, 0.2) is 54.6 Å². The first kappa shape index (κ1) is 13.7. The van der Waals surface area contributed by atoms with Gasteiger partial charge in [0.2, 0.25) is 0 Å². The maximum absolute atomic E-state index is 12.5. The van der Waals surface area contributed by atoms with Crippen LogP contribution in [0.4, 0.5) is 13.2 Å². The maximum Gasteiger partial charge on any atom is 0.416 e. The molecule has 0 heterocycles. The number of alkyl halides is 3. The lowest BCUT2D eigenvalue weighted by Gasteiger charge is -2.16. The van der Waals surface area contributed by atoms with E-state index < -0.39 is 11.7 Å². The molecule has 1 unspecified atom stereocenters. The zero-order chi connectivity index (χ0) is 13.9. The zero-order valence-electron chi connectivity index (χ0n) is 10.3. The molecule has 2 aromatic carbocycles. The Labute approximate surface area is 110 Å². The summed E-state index contributed by atoms with van der Waals surface area (Å²) >= 11 is 0. The second kappa shape index (κ2) is 5.47. The van der Waals surface area contributed by atoms with Crippen molar-refractivity contribution in [3.8, 4) is 0 Å². The fraction of sp³-hybridized carbons (Fsp3) is 0.188. The van der Waals surface area contributed by atoms with Gasteiger partial charge in [-0.3, -0.25) is 0 Å². The summed E-state index contributed by atoms with van der Waals surface area (Å²) in [6.07, 6.45) is -3.68. The van der Waals surface area contributed by atoms with Gasteiger partial charge in [0, 0.05) is 5.92 Å². The largest absolute Gasteiger partial charge is 0.416 e. The molecule has 2 rings (SSSR count). The van der Waals surface area contributed by atoms with Crippen LogP contribution in [0.3, 0.4) is 0 Å². The minimum Gasteiger partial charge on any atom is -0.166 e. The zero-order valence-corrected chi connectivity index (χ0v) is 10.3. The predicted molar refractivity (Wildman–Crippen MR) is 69.7 cm³/mol. The van der Waals surface area contributed by atoms with Gasteiger partial charge in [-0.2, -0.15) is 13.2 Å². The van der Waals surface area contributed by atoms with E-state index in [2.05, 4.69) is 6.92 Å². The first-order valence-electron chi connectivity index (χ1n) is 6.03. The quantitative estimate of drug-likeness (QED) is 0.726. The third kappa shape index (κ3) is 3.16. The lowest BCUT2D eigenvalue weighted by Crippen LogP contribution is -2.06. The molecule has 0 aliphatic rings. The van der Waals surface area contributed by atoms with E-state index in [4.69, 9.17) is 0 Å². The van der Waals surface area contributed by atoms with Crippen LogP contribution >= 0.6 is 0 Å². The molecule has 0 aromatic heterocycles. The van der Waals surface area contributed by atoms with Gasteiger partial charge in [0.15, 0.2) is 0 Å². The molecule has 0 saturated heterocycles. The molecule has 0 bridgehead atoms. The van der Waals surface area contributed by atoms with Crippen molar-refractivity contribution in [1.29, 1.82) is 0 Å². The third-order valence-corrected chi connectivity index (χ3v) is 3.13. The van der Waals surface area contributed by atoms with E-state index in [0.29, 0.717) is 6.42 Å². The van der Waals surface area contributed by atoms with E-state index in [1.807, 2.05) is 30.3 Å². The Morgan fingerprint density at radius 3 is 1.84 bits per heavy atom. The SMILES string of the molecule is [CH2]CC(c1ccccc1)c1ccc(C(F)(F)F)cc1. The van der Waals surface area contributed by atoms with E-state index in [-0.39, 0.29) is 5.92 Å². The number of benzene rings is 2. The molecule has 0 fully saturated rings. The van der Waals surface area contributed by atoms with Crippen LogP contribution in [0.25, 0.3) is 0 Å². The smallest absolute Gasteiger partial charge is 0.166 e. The van der Waals surface area contributed by atoms with Gasteiger partial charge in [0.05, 0.1) is 5.56 Å². The highest BCUT2D eigenvalue weighted by atomic mass is 19.4. The summed E-state index contributed by atoms with van der Waals surface area (Å²) in [6.45, 7) is 3.89. The second-order valence-electron chi connectivity index (χ2n) is 4.37. The highest BCUT2D eigenvalue weighted by Crippen LogP contribution is 2.32. The summed E-state index contributed by atoms with van der Waals surface area (Å²) in [4.78, 5) is 0. The minimum absolute atomic E-state index is 0.0310. The molecule has 0 saturated carbocycles. The van der Waals surface area contributed by atoms with Crippen molar-refractivity contribution >= 4 is 0 Å². The highest BCUT2D eigenvalue weighted by Gasteiger charge is 2.30. The predicted octanol–water partition coefficient (Wildman–Crippen LogP) is 5.06. The van der Waals surface area contributed by atoms with Crippen LogP contribution in [0, 0.1) is 6.92 Å². The van der Waals surface area contributed by atoms with Gasteiger partial charge in [-0.25, -0.2) is 0 Å². The third-order valence-electron chi connectivity index (χ3n) is 3.13. The lowest BCUT2D eigenvalue weighted by molar-refractivity contribution is -0.137. The summed E-state index contributed by atoms with van der Waals surface area (Å²) < 4.78 is 37.5. The molecule has 0 aliphatic carbocycles. The van der Waals surface area contributed by atoms with E-state index in [1.165, 1.54) is 12.1 Å². The number of hydrogen-bond acceptors (Lipinski definition) is 0. The molecule has 0 N–H and O–H groups in total. The van der Waals surface area contributed by atoms with Crippen molar-refractivity contribution in [3.63, 3.8) is 0 Å². The average Bonchev–Trinajstić information content (AvgIpc) is 2.40. The Bertz CT molecular complexity index is 512. The first-order valence-corrected chi connectivity index (χ1v) is 6.03. The second-order valence-corrected chi connectivity index (χ2v) is 4.37. The van der Waals surface area contributed by atoms with Gasteiger partial charge in [-0.1, -0.05) is 49.4 Å². The monoisotopic (exact) mass is 263 g/mol. The number of hydrogen-bond donors (Lipinski definition) is 0. The van der Waals surface area contributed by atoms with Crippen LogP contribution in [0.5, 0.6) is 0 Å². The standard InChI is InChI=1S/C16H14F3/c1-2-15(12-6-4-3-5-7-12)13-8-10-14(11-9-13)16(17,18)19/h3-11,15H,1-2H2. The molecule has 1 atom stereocenters. The van der Waals surface area contributed by atoms with Crippen molar-refractivity contribution in [2.45, 2.75) is 18.5 Å². The van der Waals surface area contributed by atoms with Gasteiger partial charge in [-0.05, 0) is 29.7 Å². The van der Waals surface area contributed by atoms with Gasteiger partial charge in [-0.15, -0.1) is 0 Å². The van der Waals surface area contributed by atoms with Crippen molar-refractivity contribution in [3.05, 3.63) is 78.2 Å².